The van der Waals surface area contributed by atoms with E-state index in [-0.39, 0.29) is 11.6 Å². The van der Waals surface area contributed by atoms with Gasteiger partial charge in [-0.2, -0.15) is 0 Å². The average Bonchev–Trinajstić information content (AvgIpc) is 2.93. The molecule has 0 amide bonds. The molecule has 2 saturated heterocycles. The van der Waals surface area contributed by atoms with Gasteiger partial charge in [0, 0.05) is 31.2 Å². The number of hydrogen-bond donors (Lipinski definition) is 1. The van der Waals surface area contributed by atoms with Crippen LogP contribution in [-0.4, -0.2) is 56.7 Å². The monoisotopic (exact) mass is 522 g/mol. The molecule has 38 heavy (non-hydrogen) atoms. The minimum absolute atomic E-state index is 0.0951. The van der Waals surface area contributed by atoms with E-state index >= 15 is 0 Å². The zero-order valence-electron chi connectivity index (χ0n) is 23.5. The van der Waals surface area contributed by atoms with Crippen LogP contribution < -0.4 is 10.5 Å². The number of carboxylic acids is 1. The van der Waals surface area contributed by atoms with Gasteiger partial charge >= 0.3 is 5.97 Å². The van der Waals surface area contributed by atoms with Gasteiger partial charge in [-0.1, -0.05) is 65.0 Å². The van der Waals surface area contributed by atoms with Crippen LogP contribution in [0.4, 0.5) is 5.82 Å². The number of carboxylic acid groups (broad SMARTS) is 1. The predicted molar refractivity (Wildman–Crippen MR) is 153 cm³/mol. The van der Waals surface area contributed by atoms with E-state index in [1.54, 1.807) is 4.90 Å². The van der Waals surface area contributed by atoms with Crippen molar-refractivity contribution in [3.63, 3.8) is 0 Å². The minimum atomic E-state index is -0.882. The van der Waals surface area contributed by atoms with Crippen LogP contribution in [0.25, 0.3) is 11.0 Å². The third kappa shape index (κ3) is 5.49. The Hall–Kier alpha value is -2.41. The molecule has 6 atom stereocenters. The number of anilines is 1. The second kappa shape index (κ2) is 11.8. The zero-order valence-corrected chi connectivity index (χ0v) is 23.5. The van der Waals surface area contributed by atoms with Crippen molar-refractivity contribution in [3.8, 4) is 0 Å². The number of rotatable bonds is 6. The molecule has 2 aromatic rings. The summed E-state index contributed by atoms with van der Waals surface area (Å²) in [6, 6.07) is 8.38. The summed E-state index contributed by atoms with van der Waals surface area (Å²) in [6.07, 6.45) is 12.7. The van der Waals surface area contributed by atoms with Gasteiger partial charge in [-0.3, -0.25) is 9.69 Å². The first-order valence-electron chi connectivity index (χ1n) is 15.1. The van der Waals surface area contributed by atoms with Crippen molar-refractivity contribution in [2.75, 3.05) is 18.0 Å². The SMILES string of the molecule is CCC[C@@H]1C[C@H](n2c(=O)c(N3CC[C@@H]3C(=O)O)nc3ccccc32)CCN1C1CC(C)CCCC[C@H](C)C1. The summed E-state index contributed by atoms with van der Waals surface area (Å²) in [5, 5.41) is 9.64. The molecule has 0 bridgehead atoms. The highest BCUT2D eigenvalue weighted by atomic mass is 16.4. The third-order valence-corrected chi connectivity index (χ3v) is 9.54. The number of carbonyl (C=O) groups is 1. The van der Waals surface area contributed by atoms with Crippen LogP contribution in [0.3, 0.4) is 0 Å². The molecule has 3 fully saturated rings. The lowest BCUT2D eigenvalue weighted by molar-refractivity contribution is -0.140. The topological polar surface area (TPSA) is 78.7 Å². The number of nitrogens with zero attached hydrogens (tertiary/aromatic N) is 4. The molecule has 7 heteroatoms. The molecule has 3 heterocycles. The molecule has 1 aliphatic carbocycles. The number of piperidine rings is 1. The molecular formula is C31H46N4O3. The molecule has 0 spiro atoms. The molecule has 1 aromatic heterocycles. The Morgan fingerprint density at radius 2 is 1.68 bits per heavy atom. The molecule has 1 N–H and O–H groups in total. The van der Waals surface area contributed by atoms with Gasteiger partial charge in [0.2, 0.25) is 0 Å². The van der Waals surface area contributed by atoms with Crippen LogP contribution in [0.5, 0.6) is 0 Å². The van der Waals surface area contributed by atoms with E-state index in [1.807, 2.05) is 28.8 Å². The van der Waals surface area contributed by atoms with Gasteiger partial charge in [0.1, 0.15) is 6.04 Å². The fourth-order valence-corrected chi connectivity index (χ4v) is 7.49. The summed E-state index contributed by atoms with van der Waals surface area (Å²) in [5.41, 5.74) is 1.51. The largest absolute Gasteiger partial charge is 0.480 e. The Balaban J connectivity index is 1.47. The summed E-state index contributed by atoms with van der Waals surface area (Å²) in [7, 11) is 0. The fourth-order valence-electron chi connectivity index (χ4n) is 7.49. The number of likely N-dealkylation sites (tertiary alicyclic amines) is 1. The van der Waals surface area contributed by atoms with Gasteiger partial charge in [-0.15, -0.1) is 0 Å². The Morgan fingerprint density at radius 3 is 2.32 bits per heavy atom. The van der Waals surface area contributed by atoms with Crippen LogP contribution in [0.15, 0.2) is 29.1 Å². The van der Waals surface area contributed by atoms with E-state index < -0.39 is 12.0 Å². The minimum Gasteiger partial charge on any atom is -0.480 e. The van der Waals surface area contributed by atoms with Crippen molar-refractivity contribution in [3.05, 3.63) is 34.6 Å². The van der Waals surface area contributed by atoms with Gasteiger partial charge in [0.25, 0.3) is 5.56 Å². The van der Waals surface area contributed by atoms with Gasteiger partial charge in [0.15, 0.2) is 5.82 Å². The van der Waals surface area contributed by atoms with Gasteiger partial charge in [0.05, 0.1) is 11.0 Å². The number of para-hydroxylation sites is 2. The Bertz CT molecular complexity index is 1170. The van der Waals surface area contributed by atoms with Crippen LogP contribution >= 0.6 is 0 Å². The predicted octanol–water partition coefficient (Wildman–Crippen LogP) is 5.86. The third-order valence-electron chi connectivity index (χ3n) is 9.54. The highest BCUT2D eigenvalue weighted by Crippen LogP contribution is 2.37. The van der Waals surface area contributed by atoms with Crippen molar-refractivity contribution in [1.29, 1.82) is 0 Å². The summed E-state index contributed by atoms with van der Waals surface area (Å²) in [4.78, 5) is 35.0. The molecule has 1 aromatic carbocycles. The second-order valence-electron chi connectivity index (χ2n) is 12.4. The summed E-state index contributed by atoms with van der Waals surface area (Å²) < 4.78 is 1.98. The maximum atomic E-state index is 14.0. The standard InChI is InChI=1S/C31H46N4O3/c1-4-9-23-20-24(14-16-33(23)25-18-21(2)10-5-6-11-22(3)19-25)35-27-13-8-7-12-26(27)32-29(30(35)36)34-17-15-28(34)31(37)38/h7-8,12-13,21-25,28H,4-6,9-11,14-20H2,1-3H3,(H,37,38)/t21-,22?,23+,24+,25?,28+/m0/s1. The number of aliphatic carboxylic acids is 1. The molecule has 1 saturated carbocycles. The van der Waals surface area contributed by atoms with Gasteiger partial charge in [-0.25, -0.2) is 9.78 Å². The quantitative estimate of drug-likeness (QED) is 0.512. The fraction of sp³-hybridized carbons (Fsp3) is 0.710. The zero-order chi connectivity index (χ0) is 26.8. The lowest BCUT2D eigenvalue weighted by Gasteiger charge is -2.46. The smallest absolute Gasteiger partial charge is 0.326 e. The average molecular weight is 523 g/mol. The van der Waals surface area contributed by atoms with E-state index in [2.05, 4.69) is 25.7 Å². The first kappa shape index (κ1) is 27.2. The first-order chi connectivity index (χ1) is 18.4. The molecule has 0 radical (unpaired) electrons. The maximum Gasteiger partial charge on any atom is 0.326 e. The van der Waals surface area contributed by atoms with Crippen LogP contribution in [0, 0.1) is 11.8 Å². The lowest BCUT2D eigenvalue weighted by Crippen LogP contribution is -2.55. The summed E-state index contributed by atoms with van der Waals surface area (Å²) in [6.45, 7) is 8.73. The van der Waals surface area contributed by atoms with Crippen molar-refractivity contribution < 1.29 is 9.90 Å². The van der Waals surface area contributed by atoms with Crippen molar-refractivity contribution in [2.24, 2.45) is 11.8 Å². The number of aromatic nitrogens is 2. The Kier molecular flexibility index (Phi) is 8.41. The van der Waals surface area contributed by atoms with Crippen molar-refractivity contribution in [1.82, 2.24) is 14.5 Å². The van der Waals surface area contributed by atoms with E-state index in [1.165, 1.54) is 38.5 Å². The van der Waals surface area contributed by atoms with Crippen molar-refractivity contribution in [2.45, 2.75) is 116 Å². The van der Waals surface area contributed by atoms with Gasteiger partial charge in [-0.05, 0) is 62.5 Å². The van der Waals surface area contributed by atoms with Crippen molar-refractivity contribution >= 4 is 22.8 Å². The van der Waals surface area contributed by atoms with Gasteiger partial charge < -0.3 is 14.6 Å². The molecule has 2 aliphatic heterocycles. The molecular weight excluding hydrogens is 476 g/mol. The molecule has 3 aliphatic rings. The lowest BCUT2D eigenvalue weighted by atomic mass is 9.86. The van der Waals surface area contributed by atoms with E-state index in [4.69, 9.17) is 4.98 Å². The number of fused-ring (bicyclic) bond motifs is 1. The maximum absolute atomic E-state index is 14.0. The Labute approximate surface area is 227 Å². The van der Waals surface area contributed by atoms with E-state index in [0.717, 1.165) is 55.1 Å². The number of benzene rings is 1. The molecule has 5 rings (SSSR count). The molecule has 2 unspecified atom stereocenters. The molecule has 208 valence electrons. The van der Waals surface area contributed by atoms with E-state index in [9.17, 15) is 14.7 Å². The van der Waals surface area contributed by atoms with Crippen LogP contribution in [0.2, 0.25) is 0 Å². The highest BCUT2D eigenvalue weighted by Gasteiger charge is 2.39. The normalized spacial score (nSPS) is 31.3. The summed E-state index contributed by atoms with van der Waals surface area (Å²) in [5.74, 6) is 0.944. The highest BCUT2D eigenvalue weighted by molar-refractivity contribution is 5.81. The van der Waals surface area contributed by atoms with Crippen LogP contribution in [-0.2, 0) is 4.79 Å². The Morgan fingerprint density at radius 1 is 0.974 bits per heavy atom. The second-order valence-corrected chi connectivity index (χ2v) is 12.4. The summed E-state index contributed by atoms with van der Waals surface area (Å²) >= 11 is 0. The van der Waals surface area contributed by atoms with E-state index in [0.29, 0.717) is 30.9 Å². The molecule has 7 nitrogen and oxygen atoms in total. The number of hydrogen-bond acceptors (Lipinski definition) is 5. The van der Waals surface area contributed by atoms with Crippen LogP contribution in [0.1, 0.15) is 97.4 Å². The first-order valence-corrected chi connectivity index (χ1v) is 15.1.